The van der Waals surface area contributed by atoms with Gasteiger partial charge in [0.25, 0.3) is 0 Å². The monoisotopic (exact) mass is 461 g/mol. The van der Waals surface area contributed by atoms with Crippen LogP contribution in [0.5, 0.6) is 5.75 Å². The lowest BCUT2D eigenvalue weighted by molar-refractivity contribution is 0.0497. The van der Waals surface area contributed by atoms with Crippen molar-refractivity contribution in [2.45, 2.75) is 129 Å². The fraction of sp³-hybridized carbons (Fsp3) is 0.759. The van der Waals surface area contributed by atoms with Crippen LogP contribution >= 0.6 is 0 Å². The molecule has 0 heterocycles. The topological polar surface area (TPSA) is 61.5 Å². The molecule has 0 aromatic heterocycles. The molecule has 4 nitrogen and oxygen atoms in total. The predicted octanol–water partition coefficient (Wildman–Crippen LogP) is 8.87. The van der Waals surface area contributed by atoms with Gasteiger partial charge in [-0.1, -0.05) is 117 Å². The molecule has 0 fully saturated rings. The van der Waals surface area contributed by atoms with Gasteiger partial charge in [0.2, 0.25) is 0 Å². The maximum atomic E-state index is 12.3. The van der Waals surface area contributed by atoms with Gasteiger partial charge in [0.15, 0.2) is 0 Å². The Morgan fingerprint density at radius 1 is 0.667 bits per heavy atom. The Balaban J connectivity index is 2.06. The average Bonchev–Trinajstić information content (AvgIpc) is 2.82. The average molecular weight is 462 g/mol. The SMILES string of the molecule is CCCCCCCCCCCCCCOC(=O)c1ccc(OCCCCCCCC)c(N)c1. The summed E-state index contributed by atoms with van der Waals surface area (Å²) in [6.07, 6.45) is 22.9. The minimum atomic E-state index is -0.299. The van der Waals surface area contributed by atoms with Gasteiger partial charge >= 0.3 is 5.97 Å². The van der Waals surface area contributed by atoms with E-state index in [1.54, 1.807) is 18.2 Å². The molecule has 0 saturated heterocycles. The second-order valence-electron chi connectivity index (χ2n) is 9.39. The molecule has 0 amide bonds. The lowest BCUT2D eigenvalue weighted by Gasteiger charge is -2.10. The van der Waals surface area contributed by atoms with Gasteiger partial charge in [0.05, 0.1) is 24.5 Å². The zero-order valence-corrected chi connectivity index (χ0v) is 21.7. The molecule has 0 aliphatic rings. The van der Waals surface area contributed by atoms with E-state index in [-0.39, 0.29) is 5.97 Å². The highest BCUT2D eigenvalue weighted by atomic mass is 16.5. The molecule has 0 atom stereocenters. The number of ether oxygens (including phenoxy) is 2. The minimum Gasteiger partial charge on any atom is -0.491 e. The van der Waals surface area contributed by atoms with Crippen LogP contribution in [-0.4, -0.2) is 19.2 Å². The van der Waals surface area contributed by atoms with Crippen molar-refractivity contribution in [3.05, 3.63) is 23.8 Å². The van der Waals surface area contributed by atoms with Crippen LogP contribution in [0.4, 0.5) is 5.69 Å². The zero-order chi connectivity index (χ0) is 24.0. The number of nitrogen functional groups attached to an aromatic ring is 1. The number of esters is 1. The molecular weight excluding hydrogens is 410 g/mol. The quantitative estimate of drug-likeness (QED) is 0.106. The molecule has 2 N–H and O–H groups in total. The number of carbonyl (C=O) groups excluding carboxylic acids is 1. The lowest BCUT2D eigenvalue weighted by Crippen LogP contribution is -2.08. The first-order valence-corrected chi connectivity index (χ1v) is 13.9. The number of benzene rings is 1. The Labute approximate surface area is 204 Å². The molecule has 1 aromatic rings. The largest absolute Gasteiger partial charge is 0.491 e. The van der Waals surface area contributed by atoms with Crippen molar-refractivity contribution in [1.29, 1.82) is 0 Å². The van der Waals surface area contributed by atoms with Gasteiger partial charge in [-0.15, -0.1) is 0 Å². The third-order valence-electron chi connectivity index (χ3n) is 6.23. The lowest BCUT2D eigenvalue weighted by atomic mass is 10.1. The van der Waals surface area contributed by atoms with Crippen LogP contribution in [0.3, 0.4) is 0 Å². The van der Waals surface area contributed by atoms with E-state index in [4.69, 9.17) is 15.2 Å². The maximum Gasteiger partial charge on any atom is 0.338 e. The smallest absolute Gasteiger partial charge is 0.338 e. The second kappa shape index (κ2) is 20.9. The van der Waals surface area contributed by atoms with Crippen LogP contribution in [0, 0.1) is 0 Å². The minimum absolute atomic E-state index is 0.299. The molecule has 0 saturated carbocycles. The van der Waals surface area contributed by atoms with Crippen molar-refractivity contribution in [3.8, 4) is 5.75 Å². The first-order valence-electron chi connectivity index (χ1n) is 13.9. The van der Waals surface area contributed by atoms with E-state index in [1.807, 2.05) is 0 Å². The van der Waals surface area contributed by atoms with Crippen molar-refractivity contribution in [2.24, 2.45) is 0 Å². The molecule has 0 aliphatic heterocycles. The Morgan fingerprint density at radius 2 is 1.12 bits per heavy atom. The molecule has 1 aromatic carbocycles. The molecule has 4 heteroatoms. The van der Waals surface area contributed by atoms with Crippen LogP contribution in [0.1, 0.15) is 140 Å². The normalized spacial score (nSPS) is 11.0. The molecule has 190 valence electrons. The van der Waals surface area contributed by atoms with Crippen molar-refractivity contribution in [2.75, 3.05) is 18.9 Å². The fourth-order valence-electron chi connectivity index (χ4n) is 4.06. The number of carbonyl (C=O) groups is 1. The summed E-state index contributed by atoms with van der Waals surface area (Å²) >= 11 is 0. The third-order valence-corrected chi connectivity index (χ3v) is 6.23. The van der Waals surface area contributed by atoms with E-state index in [9.17, 15) is 4.79 Å². The van der Waals surface area contributed by atoms with E-state index in [2.05, 4.69) is 13.8 Å². The Bertz CT molecular complexity index is 603. The summed E-state index contributed by atoms with van der Waals surface area (Å²) in [5, 5.41) is 0. The first-order chi connectivity index (χ1) is 16.2. The van der Waals surface area contributed by atoms with Gasteiger partial charge in [-0.25, -0.2) is 4.79 Å². The van der Waals surface area contributed by atoms with Crippen LogP contribution in [0.2, 0.25) is 0 Å². The number of rotatable bonds is 22. The summed E-state index contributed by atoms with van der Waals surface area (Å²) in [6.45, 7) is 5.64. The fourth-order valence-corrected chi connectivity index (χ4v) is 4.06. The van der Waals surface area contributed by atoms with Crippen LogP contribution < -0.4 is 10.5 Å². The number of hydrogen-bond donors (Lipinski definition) is 1. The summed E-state index contributed by atoms with van der Waals surface area (Å²) in [7, 11) is 0. The molecular formula is C29H51NO3. The van der Waals surface area contributed by atoms with Gasteiger partial charge in [-0.2, -0.15) is 0 Å². The van der Waals surface area contributed by atoms with E-state index in [0.717, 1.165) is 19.3 Å². The summed E-state index contributed by atoms with van der Waals surface area (Å²) in [5.41, 5.74) is 7.08. The molecule has 0 bridgehead atoms. The van der Waals surface area contributed by atoms with E-state index >= 15 is 0 Å². The summed E-state index contributed by atoms with van der Waals surface area (Å²) in [4.78, 5) is 12.3. The Morgan fingerprint density at radius 3 is 1.61 bits per heavy atom. The Hall–Kier alpha value is -1.71. The van der Waals surface area contributed by atoms with Crippen LogP contribution in [0.25, 0.3) is 0 Å². The second-order valence-corrected chi connectivity index (χ2v) is 9.39. The zero-order valence-electron chi connectivity index (χ0n) is 21.7. The maximum absolute atomic E-state index is 12.3. The van der Waals surface area contributed by atoms with E-state index < -0.39 is 0 Å². The third kappa shape index (κ3) is 15.7. The van der Waals surface area contributed by atoms with Crippen LogP contribution in [0.15, 0.2) is 18.2 Å². The number of unbranched alkanes of at least 4 members (excludes halogenated alkanes) is 16. The van der Waals surface area contributed by atoms with Gasteiger partial charge in [0.1, 0.15) is 5.75 Å². The molecule has 0 aliphatic carbocycles. The van der Waals surface area contributed by atoms with Gasteiger partial charge < -0.3 is 15.2 Å². The highest BCUT2D eigenvalue weighted by molar-refractivity contribution is 5.91. The van der Waals surface area contributed by atoms with Crippen molar-refractivity contribution in [1.82, 2.24) is 0 Å². The van der Waals surface area contributed by atoms with Gasteiger partial charge in [-0.3, -0.25) is 0 Å². The van der Waals surface area contributed by atoms with Crippen molar-refractivity contribution >= 4 is 11.7 Å². The summed E-state index contributed by atoms with van der Waals surface area (Å²) < 4.78 is 11.2. The standard InChI is InChI=1S/C29H51NO3/c1-3-5-7-9-11-12-13-14-15-16-18-20-24-33-29(31)26-21-22-28(27(30)25-26)32-23-19-17-10-8-6-4-2/h21-22,25H,3-20,23-24,30H2,1-2H3. The number of anilines is 1. The van der Waals surface area contributed by atoms with Crippen LogP contribution in [-0.2, 0) is 4.74 Å². The highest BCUT2D eigenvalue weighted by Crippen LogP contribution is 2.23. The van der Waals surface area contributed by atoms with Gasteiger partial charge in [-0.05, 0) is 31.0 Å². The van der Waals surface area contributed by atoms with Crippen molar-refractivity contribution < 1.29 is 14.3 Å². The van der Waals surface area contributed by atoms with Gasteiger partial charge in [0, 0.05) is 0 Å². The molecule has 0 unspecified atom stereocenters. The molecule has 0 spiro atoms. The molecule has 1 rings (SSSR count). The van der Waals surface area contributed by atoms with E-state index in [0.29, 0.717) is 30.2 Å². The summed E-state index contributed by atoms with van der Waals surface area (Å²) in [6, 6.07) is 5.20. The van der Waals surface area contributed by atoms with Crippen molar-refractivity contribution in [3.63, 3.8) is 0 Å². The highest BCUT2D eigenvalue weighted by Gasteiger charge is 2.10. The number of hydrogen-bond acceptors (Lipinski definition) is 4. The first kappa shape index (κ1) is 29.3. The van der Waals surface area contributed by atoms with E-state index in [1.165, 1.54) is 96.3 Å². The summed E-state index contributed by atoms with van der Waals surface area (Å²) in [5.74, 6) is 0.355. The Kier molecular flexibility index (Phi) is 18.5. The number of nitrogens with two attached hydrogens (primary N) is 1. The molecule has 33 heavy (non-hydrogen) atoms. The molecule has 0 radical (unpaired) electrons. The predicted molar refractivity (Wildman–Crippen MR) is 141 cm³/mol.